The van der Waals surface area contributed by atoms with E-state index in [1.165, 1.54) is 12.8 Å². The zero-order valence-electron chi connectivity index (χ0n) is 11.1. The molecule has 0 radical (unpaired) electrons. The number of carbonyl (C=O) groups excluding carboxylic acids is 1. The smallest absolute Gasteiger partial charge is 0.251 e. The van der Waals surface area contributed by atoms with Crippen LogP contribution in [0, 0.1) is 12.8 Å². The van der Waals surface area contributed by atoms with Gasteiger partial charge in [-0.1, -0.05) is 24.4 Å². The summed E-state index contributed by atoms with van der Waals surface area (Å²) in [6.45, 7) is 2.58. The highest BCUT2D eigenvalue weighted by molar-refractivity contribution is 6.31. The van der Waals surface area contributed by atoms with Crippen molar-refractivity contribution in [2.45, 2.75) is 38.0 Å². The van der Waals surface area contributed by atoms with E-state index < -0.39 is 0 Å². The number of halogens is 2. The second kappa shape index (κ2) is 6.62. The Labute approximate surface area is 124 Å². The molecular weight excluding hydrogens is 281 g/mol. The van der Waals surface area contributed by atoms with Crippen molar-refractivity contribution >= 4 is 29.1 Å². The molecule has 0 bridgehead atoms. The average Bonchev–Trinajstić information content (AvgIpc) is 2.36. The van der Waals surface area contributed by atoms with Crippen molar-refractivity contribution in [3.05, 3.63) is 34.3 Å². The average molecular weight is 300 g/mol. The van der Waals surface area contributed by atoms with E-state index in [1.54, 1.807) is 6.07 Å². The van der Waals surface area contributed by atoms with Gasteiger partial charge in [0.05, 0.1) is 0 Å². The molecule has 2 nitrogen and oxygen atoms in total. The monoisotopic (exact) mass is 299 g/mol. The lowest BCUT2D eigenvalue weighted by Crippen LogP contribution is -2.34. The van der Waals surface area contributed by atoms with E-state index >= 15 is 0 Å². The molecule has 2 unspecified atom stereocenters. The van der Waals surface area contributed by atoms with Gasteiger partial charge >= 0.3 is 0 Å². The molecule has 19 heavy (non-hydrogen) atoms. The van der Waals surface area contributed by atoms with E-state index in [4.69, 9.17) is 23.2 Å². The first-order chi connectivity index (χ1) is 9.06. The van der Waals surface area contributed by atoms with Gasteiger partial charge in [0.15, 0.2) is 0 Å². The minimum atomic E-state index is -0.0694. The summed E-state index contributed by atoms with van der Waals surface area (Å²) in [5.41, 5.74) is 1.61. The van der Waals surface area contributed by atoms with Crippen molar-refractivity contribution in [1.82, 2.24) is 5.32 Å². The number of rotatable bonds is 3. The van der Waals surface area contributed by atoms with Gasteiger partial charge in [0.2, 0.25) is 0 Å². The highest BCUT2D eigenvalue weighted by Gasteiger charge is 2.23. The van der Waals surface area contributed by atoms with E-state index in [1.807, 2.05) is 19.1 Å². The van der Waals surface area contributed by atoms with E-state index in [9.17, 15) is 4.79 Å². The van der Waals surface area contributed by atoms with E-state index in [0.717, 1.165) is 18.4 Å². The molecule has 1 aromatic carbocycles. The Hall–Kier alpha value is -0.730. The summed E-state index contributed by atoms with van der Waals surface area (Å²) in [6.07, 6.45) is 4.56. The van der Waals surface area contributed by atoms with E-state index in [2.05, 4.69) is 5.32 Å². The van der Waals surface area contributed by atoms with Crippen LogP contribution in [-0.2, 0) is 0 Å². The third-order valence-electron chi connectivity index (χ3n) is 3.65. The first-order valence-electron chi connectivity index (χ1n) is 6.76. The minimum absolute atomic E-state index is 0.0694. The molecule has 0 heterocycles. The van der Waals surface area contributed by atoms with Gasteiger partial charge in [-0.25, -0.2) is 0 Å². The second-order valence-corrected chi connectivity index (χ2v) is 6.28. The summed E-state index contributed by atoms with van der Waals surface area (Å²) in [4.78, 5) is 12.1. The van der Waals surface area contributed by atoms with Gasteiger partial charge in [-0.3, -0.25) is 4.79 Å². The number of hydrogen-bond donors (Lipinski definition) is 1. The summed E-state index contributed by atoms with van der Waals surface area (Å²) < 4.78 is 0. The molecule has 4 heteroatoms. The van der Waals surface area contributed by atoms with Crippen molar-refractivity contribution in [3.8, 4) is 0 Å². The number of benzene rings is 1. The standard InChI is InChI=1S/C15H19Cl2NO/c1-10-6-12(8-13(16)7-10)15(19)18-9-11-4-2-3-5-14(11)17/h6-8,11,14H,2-5,9H2,1H3,(H,18,19). The molecule has 1 N–H and O–H groups in total. The molecule has 1 amide bonds. The van der Waals surface area contributed by atoms with Crippen LogP contribution in [0.1, 0.15) is 41.6 Å². The van der Waals surface area contributed by atoms with Crippen LogP contribution < -0.4 is 5.32 Å². The van der Waals surface area contributed by atoms with Gasteiger partial charge < -0.3 is 5.32 Å². The number of hydrogen-bond acceptors (Lipinski definition) is 1. The molecule has 104 valence electrons. The number of amides is 1. The summed E-state index contributed by atoms with van der Waals surface area (Å²) in [5, 5.41) is 3.76. The Bertz CT molecular complexity index is 441. The first-order valence-corrected chi connectivity index (χ1v) is 7.57. The van der Waals surface area contributed by atoms with Gasteiger partial charge in [-0.15, -0.1) is 11.6 Å². The Kier molecular flexibility index (Phi) is 5.12. The van der Waals surface area contributed by atoms with Gasteiger partial charge in [0.25, 0.3) is 5.91 Å². The Balaban J connectivity index is 1.93. The van der Waals surface area contributed by atoms with Crippen LogP contribution in [0.3, 0.4) is 0 Å². The maximum atomic E-state index is 12.1. The molecule has 0 saturated heterocycles. The predicted octanol–water partition coefficient (Wildman–Crippen LogP) is 4.18. The quantitative estimate of drug-likeness (QED) is 0.834. The number of nitrogens with one attached hydrogen (secondary N) is 1. The second-order valence-electron chi connectivity index (χ2n) is 5.29. The fourth-order valence-electron chi connectivity index (χ4n) is 2.59. The van der Waals surface area contributed by atoms with Gasteiger partial charge in [-0.05, 0) is 49.4 Å². The zero-order chi connectivity index (χ0) is 13.8. The van der Waals surface area contributed by atoms with Crippen LogP contribution in [0.15, 0.2) is 18.2 Å². The molecule has 1 fully saturated rings. The maximum Gasteiger partial charge on any atom is 0.251 e. The van der Waals surface area contributed by atoms with Crippen molar-refractivity contribution in [2.24, 2.45) is 5.92 Å². The molecule has 2 rings (SSSR count). The SMILES string of the molecule is Cc1cc(Cl)cc(C(=O)NCC2CCCCC2Cl)c1. The van der Waals surface area contributed by atoms with E-state index in [0.29, 0.717) is 23.0 Å². The number of aryl methyl sites for hydroxylation is 1. The molecule has 1 aromatic rings. The topological polar surface area (TPSA) is 29.1 Å². The van der Waals surface area contributed by atoms with Crippen molar-refractivity contribution < 1.29 is 4.79 Å². The minimum Gasteiger partial charge on any atom is -0.352 e. The van der Waals surface area contributed by atoms with Crippen LogP contribution in [0.25, 0.3) is 0 Å². The molecule has 0 spiro atoms. The summed E-state index contributed by atoms with van der Waals surface area (Å²) in [5.74, 6) is 0.319. The largest absolute Gasteiger partial charge is 0.352 e. The molecule has 1 aliphatic rings. The number of carbonyl (C=O) groups is 1. The van der Waals surface area contributed by atoms with Crippen LogP contribution >= 0.6 is 23.2 Å². The fourth-order valence-corrected chi connectivity index (χ4v) is 3.24. The Morgan fingerprint density at radius 2 is 2.05 bits per heavy atom. The zero-order valence-corrected chi connectivity index (χ0v) is 12.6. The van der Waals surface area contributed by atoms with Gasteiger partial charge in [-0.2, -0.15) is 0 Å². The lowest BCUT2D eigenvalue weighted by Gasteiger charge is -2.27. The molecule has 0 aliphatic heterocycles. The molecule has 0 aromatic heterocycles. The highest BCUT2D eigenvalue weighted by atomic mass is 35.5. The lowest BCUT2D eigenvalue weighted by atomic mass is 9.88. The Morgan fingerprint density at radius 1 is 1.32 bits per heavy atom. The molecule has 2 atom stereocenters. The number of alkyl halides is 1. The van der Waals surface area contributed by atoms with Gasteiger partial charge in [0, 0.05) is 22.5 Å². The summed E-state index contributed by atoms with van der Waals surface area (Å²) >= 11 is 12.3. The summed E-state index contributed by atoms with van der Waals surface area (Å²) in [7, 11) is 0. The normalized spacial score (nSPS) is 23.1. The van der Waals surface area contributed by atoms with Crippen molar-refractivity contribution in [1.29, 1.82) is 0 Å². The third kappa shape index (κ3) is 4.12. The highest BCUT2D eigenvalue weighted by Crippen LogP contribution is 2.28. The van der Waals surface area contributed by atoms with E-state index in [-0.39, 0.29) is 11.3 Å². The van der Waals surface area contributed by atoms with Crippen LogP contribution in [-0.4, -0.2) is 17.8 Å². The predicted molar refractivity (Wildman–Crippen MR) is 80.1 cm³/mol. The van der Waals surface area contributed by atoms with Crippen LogP contribution in [0.4, 0.5) is 0 Å². The maximum absolute atomic E-state index is 12.1. The molecule has 1 aliphatic carbocycles. The molecular formula is C15H19Cl2NO. The fraction of sp³-hybridized carbons (Fsp3) is 0.533. The van der Waals surface area contributed by atoms with Crippen molar-refractivity contribution in [2.75, 3.05) is 6.54 Å². The third-order valence-corrected chi connectivity index (χ3v) is 4.44. The summed E-state index contributed by atoms with van der Waals surface area (Å²) in [6, 6.07) is 5.39. The molecule has 1 saturated carbocycles. The Morgan fingerprint density at radius 3 is 2.74 bits per heavy atom. The van der Waals surface area contributed by atoms with Crippen LogP contribution in [0.5, 0.6) is 0 Å². The first kappa shape index (κ1) is 14.7. The van der Waals surface area contributed by atoms with Crippen molar-refractivity contribution in [3.63, 3.8) is 0 Å². The van der Waals surface area contributed by atoms with Gasteiger partial charge in [0.1, 0.15) is 0 Å². The van der Waals surface area contributed by atoms with Crippen LogP contribution in [0.2, 0.25) is 5.02 Å². The lowest BCUT2D eigenvalue weighted by molar-refractivity contribution is 0.0944.